The van der Waals surface area contributed by atoms with Gasteiger partial charge in [-0.1, -0.05) is 35.4 Å². The molecule has 2 aliphatic rings. The van der Waals surface area contributed by atoms with Gasteiger partial charge in [0.05, 0.1) is 12.6 Å². The van der Waals surface area contributed by atoms with E-state index in [-0.39, 0.29) is 12.4 Å². The van der Waals surface area contributed by atoms with Gasteiger partial charge in [-0.2, -0.15) is 0 Å². The van der Waals surface area contributed by atoms with Crippen molar-refractivity contribution >= 4 is 5.78 Å². The number of hydrogen-bond donors (Lipinski definition) is 0. The quantitative estimate of drug-likeness (QED) is 0.477. The highest BCUT2D eigenvalue weighted by molar-refractivity contribution is 5.81. The molecule has 0 bridgehead atoms. The molecule has 0 radical (unpaired) electrons. The second-order valence-electron chi connectivity index (χ2n) is 5.78. The summed E-state index contributed by atoms with van der Waals surface area (Å²) >= 11 is 0. The number of fused-ring (bicyclic) bond motifs is 1. The van der Waals surface area contributed by atoms with E-state index in [0.717, 1.165) is 5.56 Å². The minimum absolute atomic E-state index is 0.191. The van der Waals surface area contributed by atoms with Gasteiger partial charge in [0, 0.05) is 17.6 Å². The first-order valence-corrected chi connectivity index (χ1v) is 7.70. The number of methoxy groups -OCH3 is 1. The zero-order valence-corrected chi connectivity index (χ0v) is 13.4. The first-order valence-electron chi connectivity index (χ1n) is 7.70. The van der Waals surface area contributed by atoms with Crippen LogP contribution in [0.5, 0.6) is 0 Å². The fourth-order valence-electron chi connectivity index (χ4n) is 3.16. The SMILES string of the molecule is CO[C@H]1C(N=[N+]=[N-])[C@H]2OC(c3ccccc3)OCC2O[C@H]1C(C)=O. The Balaban J connectivity index is 1.87. The van der Waals surface area contributed by atoms with Crippen molar-refractivity contribution in [3.8, 4) is 0 Å². The van der Waals surface area contributed by atoms with E-state index in [4.69, 9.17) is 24.5 Å². The molecule has 0 amide bonds. The Morgan fingerprint density at radius 3 is 2.71 bits per heavy atom. The molecule has 0 saturated carbocycles. The van der Waals surface area contributed by atoms with Crippen molar-refractivity contribution in [2.24, 2.45) is 5.11 Å². The van der Waals surface area contributed by atoms with Crippen molar-refractivity contribution < 1.29 is 23.7 Å². The van der Waals surface area contributed by atoms with E-state index in [0.29, 0.717) is 0 Å². The molecule has 2 aliphatic heterocycles. The van der Waals surface area contributed by atoms with Crippen LogP contribution in [0.25, 0.3) is 10.4 Å². The molecular formula is C16H19N3O5. The molecule has 1 aromatic carbocycles. The topological polar surface area (TPSA) is 103 Å². The van der Waals surface area contributed by atoms with Crippen molar-refractivity contribution in [3.63, 3.8) is 0 Å². The van der Waals surface area contributed by atoms with E-state index in [1.807, 2.05) is 30.3 Å². The lowest BCUT2D eigenvalue weighted by Crippen LogP contribution is -2.62. The summed E-state index contributed by atoms with van der Waals surface area (Å²) in [5, 5.41) is 3.82. The third-order valence-corrected chi connectivity index (χ3v) is 4.28. The zero-order valence-electron chi connectivity index (χ0n) is 13.4. The monoisotopic (exact) mass is 333 g/mol. The molecule has 0 spiro atoms. The largest absolute Gasteiger partial charge is 0.378 e. The molecule has 0 N–H and O–H groups in total. The highest BCUT2D eigenvalue weighted by Gasteiger charge is 2.51. The smallest absolute Gasteiger partial charge is 0.184 e. The summed E-state index contributed by atoms with van der Waals surface area (Å²) in [5.74, 6) is -0.191. The molecule has 8 nitrogen and oxygen atoms in total. The molecule has 3 unspecified atom stereocenters. The van der Waals surface area contributed by atoms with Gasteiger partial charge in [-0.25, -0.2) is 0 Å². The molecule has 2 saturated heterocycles. The van der Waals surface area contributed by atoms with Crippen molar-refractivity contribution in [2.75, 3.05) is 13.7 Å². The fourth-order valence-corrected chi connectivity index (χ4v) is 3.16. The number of benzene rings is 1. The summed E-state index contributed by atoms with van der Waals surface area (Å²) in [4.78, 5) is 14.8. The van der Waals surface area contributed by atoms with Gasteiger partial charge >= 0.3 is 0 Å². The molecular weight excluding hydrogens is 314 g/mol. The van der Waals surface area contributed by atoms with E-state index in [2.05, 4.69) is 10.0 Å². The van der Waals surface area contributed by atoms with Crippen LogP contribution in [0.4, 0.5) is 0 Å². The molecule has 2 heterocycles. The van der Waals surface area contributed by atoms with Gasteiger partial charge in [-0.05, 0) is 12.5 Å². The highest BCUT2D eigenvalue weighted by Crippen LogP contribution is 2.36. The lowest BCUT2D eigenvalue weighted by molar-refractivity contribution is -0.304. The molecule has 3 rings (SSSR count). The van der Waals surface area contributed by atoms with Crippen LogP contribution in [0.15, 0.2) is 35.4 Å². The van der Waals surface area contributed by atoms with Gasteiger partial charge < -0.3 is 18.9 Å². The van der Waals surface area contributed by atoms with Crippen molar-refractivity contribution in [1.29, 1.82) is 0 Å². The van der Waals surface area contributed by atoms with Gasteiger partial charge in [0.25, 0.3) is 0 Å². The highest BCUT2D eigenvalue weighted by atomic mass is 16.7. The summed E-state index contributed by atoms with van der Waals surface area (Å²) in [6.07, 6.45) is -3.15. The van der Waals surface area contributed by atoms with Crippen molar-refractivity contribution in [1.82, 2.24) is 0 Å². The number of Topliss-reactive ketones (excluding diaryl/α,β-unsaturated/α-hetero) is 1. The van der Waals surface area contributed by atoms with E-state index in [1.54, 1.807) is 0 Å². The second-order valence-corrected chi connectivity index (χ2v) is 5.78. The Morgan fingerprint density at radius 2 is 2.08 bits per heavy atom. The first kappa shape index (κ1) is 16.9. The number of azide groups is 1. The number of hydrogen-bond acceptors (Lipinski definition) is 6. The van der Waals surface area contributed by atoms with Crippen LogP contribution in [0.1, 0.15) is 18.8 Å². The standard InChI is InChI=1S/C16H19N3O5/c1-9(20)13-15(21-2)12(18-19-17)14-11(23-13)8-22-16(24-14)10-6-4-3-5-7-10/h3-7,11-16H,8H2,1-2H3/t11?,12?,13-,14-,15-,16?/m0/s1. The molecule has 2 fully saturated rings. The molecule has 128 valence electrons. The Morgan fingerprint density at radius 1 is 1.33 bits per heavy atom. The summed E-state index contributed by atoms with van der Waals surface area (Å²) < 4.78 is 22.9. The Labute approximate surface area is 139 Å². The van der Waals surface area contributed by atoms with E-state index >= 15 is 0 Å². The van der Waals surface area contributed by atoms with Crippen molar-refractivity contribution in [3.05, 3.63) is 46.3 Å². The predicted molar refractivity (Wildman–Crippen MR) is 83.1 cm³/mol. The lowest BCUT2D eigenvalue weighted by atomic mass is 9.90. The van der Waals surface area contributed by atoms with Crippen LogP contribution >= 0.6 is 0 Å². The number of rotatable bonds is 4. The number of carbonyl (C=O) groups excluding carboxylic acids is 1. The number of nitrogens with zero attached hydrogens (tertiary/aromatic N) is 3. The molecule has 8 heteroatoms. The Bertz CT molecular complexity index is 634. The van der Waals surface area contributed by atoms with Crippen LogP contribution < -0.4 is 0 Å². The zero-order chi connectivity index (χ0) is 17.1. The van der Waals surface area contributed by atoms with Crippen molar-refractivity contribution in [2.45, 2.75) is 43.7 Å². The van der Waals surface area contributed by atoms with Crippen LogP contribution in [-0.2, 0) is 23.7 Å². The molecule has 24 heavy (non-hydrogen) atoms. The van der Waals surface area contributed by atoms with Gasteiger partial charge in [0.2, 0.25) is 0 Å². The first-order chi connectivity index (χ1) is 11.7. The van der Waals surface area contributed by atoms with Gasteiger partial charge in [0.15, 0.2) is 12.1 Å². The molecule has 0 aliphatic carbocycles. The molecule has 0 aromatic heterocycles. The summed E-state index contributed by atoms with van der Waals surface area (Å²) in [6.45, 7) is 1.66. The normalized spacial score (nSPS) is 35.6. The maximum Gasteiger partial charge on any atom is 0.184 e. The fraction of sp³-hybridized carbons (Fsp3) is 0.562. The summed E-state index contributed by atoms with van der Waals surface area (Å²) in [5.41, 5.74) is 9.78. The van der Waals surface area contributed by atoms with Gasteiger partial charge in [-0.15, -0.1) is 0 Å². The van der Waals surface area contributed by atoms with Crippen LogP contribution in [0, 0.1) is 0 Å². The number of ketones is 1. The van der Waals surface area contributed by atoms with Gasteiger partial charge in [-0.3, -0.25) is 4.79 Å². The van der Waals surface area contributed by atoms with E-state index in [9.17, 15) is 4.79 Å². The average molecular weight is 333 g/mol. The van der Waals surface area contributed by atoms with Crippen LogP contribution in [0.2, 0.25) is 0 Å². The lowest BCUT2D eigenvalue weighted by Gasteiger charge is -2.47. The third-order valence-electron chi connectivity index (χ3n) is 4.28. The van der Waals surface area contributed by atoms with Crippen LogP contribution in [0.3, 0.4) is 0 Å². The maximum absolute atomic E-state index is 11.9. The number of ether oxygens (including phenoxy) is 4. The van der Waals surface area contributed by atoms with Crippen LogP contribution in [-0.4, -0.2) is 50.0 Å². The maximum atomic E-state index is 11.9. The number of carbonyl (C=O) groups is 1. The molecule has 6 atom stereocenters. The average Bonchev–Trinajstić information content (AvgIpc) is 2.61. The predicted octanol–water partition coefficient (Wildman–Crippen LogP) is 2.15. The minimum Gasteiger partial charge on any atom is -0.378 e. The molecule has 1 aromatic rings. The second kappa shape index (κ2) is 7.29. The van der Waals surface area contributed by atoms with E-state index in [1.165, 1.54) is 14.0 Å². The Hall–Kier alpha value is -1.96. The van der Waals surface area contributed by atoms with Gasteiger partial charge in [0.1, 0.15) is 24.4 Å². The van der Waals surface area contributed by atoms with E-state index < -0.39 is 36.7 Å². The summed E-state index contributed by atoms with van der Waals surface area (Å²) in [7, 11) is 1.46. The third kappa shape index (κ3) is 3.15. The minimum atomic E-state index is -0.813. The summed E-state index contributed by atoms with van der Waals surface area (Å²) in [6, 6.07) is 8.79. The Kier molecular flexibility index (Phi) is 5.13.